The van der Waals surface area contributed by atoms with Crippen molar-refractivity contribution in [3.8, 4) is 0 Å². The SMILES string of the molecule is CN1CC[C@H](C(=O)N2CCC[C@@H](N3C(=O)Nc4ccnc5sc(C(N)=O)c3c45)C2)C1. The third-order valence-electron chi connectivity index (χ3n) is 6.31. The highest BCUT2D eigenvalue weighted by Crippen LogP contribution is 2.45. The Kier molecular flexibility index (Phi) is 4.62. The lowest BCUT2D eigenvalue weighted by Crippen LogP contribution is -2.55. The first-order chi connectivity index (χ1) is 14.4. The molecule has 0 spiro atoms. The van der Waals surface area contributed by atoms with Crippen molar-refractivity contribution in [2.45, 2.75) is 25.3 Å². The number of anilines is 2. The second kappa shape index (κ2) is 7.21. The zero-order valence-corrected chi connectivity index (χ0v) is 17.6. The molecule has 2 atom stereocenters. The van der Waals surface area contributed by atoms with Gasteiger partial charge in [0.1, 0.15) is 9.71 Å². The van der Waals surface area contributed by atoms with Crippen LogP contribution in [0.1, 0.15) is 28.9 Å². The number of hydrogen-bond donors (Lipinski definition) is 2. The Labute approximate surface area is 177 Å². The van der Waals surface area contributed by atoms with Crippen molar-refractivity contribution in [1.82, 2.24) is 14.8 Å². The monoisotopic (exact) mass is 428 g/mol. The molecule has 3 N–H and O–H groups in total. The first-order valence-corrected chi connectivity index (χ1v) is 11.0. The standard InChI is InChI=1S/C20H24N6O3S/c1-24-8-5-11(9-24)19(28)25-7-2-3-12(10-25)26-15-14-13(23-20(26)29)4-6-22-18(14)30-16(15)17(21)27/h4,6,11-12H,2-3,5,7-10H2,1H3,(H2,21,27)(H,23,29)/t11-,12+/m0/s1. The molecule has 0 aliphatic carbocycles. The van der Waals surface area contributed by atoms with Gasteiger partial charge in [-0.05, 0) is 38.9 Å². The molecular weight excluding hydrogens is 404 g/mol. The van der Waals surface area contributed by atoms with E-state index in [9.17, 15) is 14.4 Å². The third kappa shape index (κ3) is 3.02. The maximum Gasteiger partial charge on any atom is 0.326 e. The molecule has 0 aromatic carbocycles. The van der Waals surface area contributed by atoms with Gasteiger partial charge in [-0.1, -0.05) is 0 Å². The number of hydrogen-bond acceptors (Lipinski definition) is 6. The highest BCUT2D eigenvalue weighted by Gasteiger charge is 2.40. The molecule has 3 aliphatic heterocycles. The minimum Gasteiger partial charge on any atom is -0.365 e. The third-order valence-corrected chi connectivity index (χ3v) is 7.41. The van der Waals surface area contributed by atoms with Crippen LogP contribution < -0.4 is 16.0 Å². The summed E-state index contributed by atoms with van der Waals surface area (Å²) in [5.41, 5.74) is 6.83. The molecule has 30 heavy (non-hydrogen) atoms. The van der Waals surface area contributed by atoms with Crippen LogP contribution in [0.3, 0.4) is 0 Å². The largest absolute Gasteiger partial charge is 0.365 e. The summed E-state index contributed by atoms with van der Waals surface area (Å²) in [6.07, 6.45) is 4.05. The number of primary amides is 1. The van der Waals surface area contributed by atoms with Gasteiger partial charge in [0.05, 0.1) is 28.7 Å². The van der Waals surface area contributed by atoms with E-state index in [1.54, 1.807) is 17.2 Å². The molecule has 10 heteroatoms. The van der Waals surface area contributed by atoms with E-state index in [2.05, 4.69) is 15.2 Å². The zero-order chi connectivity index (χ0) is 21.0. The summed E-state index contributed by atoms with van der Waals surface area (Å²) in [5, 5.41) is 3.67. The van der Waals surface area contributed by atoms with Crippen molar-refractivity contribution in [2.75, 3.05) is 43.4 Å². The molecule has 158 valence electrons. The average Bonchev–Trinajstić information content (AvgIpc) is 3.33. The van der Waals surface area contributed by atoms with E-state index in [4.69, 9.17) is 5.73 Å². The van der Waals surface area contributed by atoms with Crippen molar-refractivity contribution in [3.63, 3.8) is 0 Å². The van der Waals surface area contributed by atoms with Gasteiger partial charge in [0.15, 0.2) is 0 Å². The number of carbonyl (C=O) groups is 3. The molecule has 4 amide bonds. The van der Waals surface area contributed by atoms with Gasteiger partial charge in [0.25, 0.3) is 5.91 Å². The molecule has 2 saturated heterocycles. The van der Waals surface area contributed by atoms with E-state index in [0.29, 0.717) is 34.2 Å². The van der Waals surface area contributed by atoms with Crippen LogP contribution >= 0.6 is 11.3 Å². The van der Waals surface area contributed by atoms with Crippen LogP contribution in [0.2, 0.25) is 0 Å². The van der Waals surface area contributed by atoms with Crippen molar-refractivity contribution in [2.24, 2.45) is 11.7 Å². The van der Waals surface area contributed by atoms with Crippen molar-refractivity contribution in [1.29, 1.82) is 0 Å². The summed E-state index contributed by atoms with van der Waals surface area (Å²) >= 11 is 1.20. The molecule has 5 rings (SSSR count). The van der Waals surface area contributed by atoms with Crippen LogP contribution in [-0.4, -0.2) is 71.9 Å². The molecule has 2 aromatic heterocycles. The Morgan fingerprint density at radius 2 is 2.10 bits per heavy atom. The van der Waals surface area contributed by atoms with E-state index in [-0.39, 0.29) is 23.9 Å². The van der Waals surface area contributed by atoms with Gasteiger partial charge < -0.3 is 20.9 Å². The predicted octanol–water partition coefficient (Wildman–Crippen LogP) is 1.69. The summed E-state index contributed by atoms with van der Waals surface area (Å²) in [4.78, 5) is 49.4. The van der Waals surface area contributed by atoms with E-state index in [1.807, 2.05) is 11.9 Å². The van der Waals surface area contributed by atoms with Gasteiger partial charge in [0.2, 0.25) is 5.91 Å². The Bertz CT molecular complexity index is 1050. The van der Waals surface area contributed by atoms with E-state index in [0.717, 1.165) is 37.7 Å². The summed E-state index contributed by atoms with van der Waals surface area (Å²) in [6.45, 7) is 2.86. The minimum atomic E-state index is -0.573. The number of likely N-dealkylation sites (tertiary alicyclic amines) is 2. The highest BCUT2D eigenvalue weighted by molar-refractivity contribution is 7.21. The van der Waals surface area contributed by atoms with Gasteiger partial charge >= 0.3 is 6.03 Å². The smallest absolute Gasteiger partial charge is 0.326 e. The van der Waals surface area contributed by atoms with Gasteiger partial charge in [-0.15, -0.1) is 11.3 Å². The zero-order valence-electron chi connectivity index (χ0n) is 16.8. The van der Waals surface area contributed by atoms with Crippen LogP contribution in [0.4, 0.5) is 16.2 Å². The van der Waals surface area contributed by atoms with Crippen LogP contribution in [0, 0.1) is 5.92 Å². The quantitative estimate of drug-likeness (QED) is 0.773. The molecule has 0 unspecified atom stereocenters. The lowest BCUT2D eigenvalue weighted by molar-refractivity contribution is -0.136. The number of pyridine rings is 1. The lowest BCUT2D eigenvalue weighted by Gasteiger charge is -2.41. The topological polar surface area (TPSA) is 112 Å². The van der Waals surface area contributed by atoms with Crippen molar-refractivity contribution in [3.05, 3.63) is 17.1 Å². The molecule has 9 nitrogen and oxygen atoms in total. The number of nitrogens with zero attached hydrogens (tertiary/aromatic N) is 4. The number of thiophene rings is 1. The Morgan fingerprint density at radius 1 is 1.27 bits per heavy atom. The van der Waals surface area contributed by atoms with Crippen LogP contribution in [0.5, 0.6) is 0 Å². The normalized spacial score (nSPS) is 24.4. The van der Waals surface area contributed by atoms with Gasteiger partial charge in [-0.2, -0.15) is 0 Å². The summed E-state index contributed by atoms with van der Waals surface area (Å²) < 4.78 is 0. The molecular formula is C20H24N6O3S. The molecule has 2 fully saturated rings. The second-order valence-corrected chi connectivity index (χ2v) is 9.31. The lowest BCUT2D eigenvalue weighted by atomic mass is 9.99. The van der Waals surface area contributed by atoms with Gasteiger partial charge in [-0.3, -0.25) is 14.5 Å². The number of aromatic nitrogens is 1. The van der Waals surface area contributed by atoms with Crippen molar-refractivity contribution < 1.29 is 14.4 Å². The van der Waals surface area contributed by atoms with Crippen LogP contribution in [0.25, 0.3) is 10.2 Å². The van der Waals surface area contributed by atoms with Crippen molar-refractivity contribution >= 4 is 50.8 Å². The van der Waals surface area contributed by atoms with Gasteiger partial charge in [-0.25, -0.2) is 9.78 Å². The second-order valence-electron chi connectivity index (χ2n) is 8.31. The molecule has 0 radical (unpaired) electrons. The number of amides is 4. The fraction of sp³-hybridized carbons (Fsp3) is 0.500. The first-order valence-electron chi connectivity index (χ1n) is 10.2. The fourth-order valence-corrected chi connectivity index (χ4v) is 5.91. The number of nitrogens with two attached hydrogens (primary N) is 1. The molecule has 0 saturated carbocycles. The highest BCUT2D eigenvalue weighted by atomic mass is 32.1. The molecule has 5 heterocycles. The van der Waals surface area contributed by atoms with E-state index in [1.165, 1.54) is 11.3 Å². The predicted molar refractivity (Wildman–Crippen MR) is 115 cm³/mol. The number of rotatable bonds is 3. The first kappa shape index (κ1) is 19.3. The fourth-order valence-electron chi connectivity index (χ4n) is 4.89. The summed E-state index contributed by atoms with van der Waals surface area (Å²) in [6, 6.07) is 1.22. The minimum absolute atomic E-state index is 0.0166. The van der Waals surface area contributed by atoms with E-state index >= 15 is 0 Å². The summed E-state index contributed by atoms with van der Waals surface area (Å²) in [7, 11) is 2.03. The number of nitrogens with one attached hydrogen (secondary N) is 1. The maximum atomic E-state index is 13.1. The number of carbonyl (C=O) groups excluding carboxylic acids is 3. The molecule has 2 aromatic rings. The molecule has 3 aliphatic rings. The number of piperidine rings is 1. The van der Waals surface area contributed by atoms with E-state index < -0.39 is 5.91 Å². The average molecular weight is 429 g/mol. The maximum absolute atomic E-state index is 13.1. The number of urea groups is 1. The van der Waals surface area contributed by atoms with Gasteiger partial charge in [0, 0.05) is 25.8 Å². The van der Waals surface area contributed by atoms with Crippen LogP contribution in [0.15, 0.2) is 12.3 Å². The Morgan fingerprint density at radius 3 is 2.83 bits per heavy atom. The summed E-state index contributed by atoms with van der Waals surface area (Å²) in [5.74, 6) is -0.395. The van der Waals surface area contributed by atoms with Crippen LogP contribution in [-0.2, 0) is 4.79 Å². The Hall–Kier alpha value is -2.72. The molecule has 0 bridgehead atoms. The Balaban J connectivity index is 1.49.